The number of carbonyl (C=O) groups excluding carboxylic acids is 3. The molecule has 28 heavy (non-hydrogen) atoms. The maximum absolute atomic E-state index is 12.5. The van der Waals surface area contributed by atoms with Crippen LogP contribution in [0.2, 0.25) is 0 Å². The zero-order valence-corrected chi connectivity index (χ0v) is 15.4. The first-order valence-electron chi connectivity index (χ1n) is 9.12. The van der Waals surface area contributed by atoms with Crippen LogP contribution in [0.15, 0.2) is 42.5 Å². The number of hydrogen-bond donors (Lipinski definition) is 2. The number of phenols is 1. The molecule has 7 heteroatoms. The molecule has 148 valence electrons. The van der Waals surface area contributed by atoms with Gasteiger partial charge in [-0.05, 0) is 43.0 Å². The molecule has 0 bridgehead atoms. The molecule has 1 aromatic rings. The van der Waals surface area contributed by atoms with E-state index in [1.54, 1.807) is 18.2 Å². The van der Waals surface area contributed by atoms with Crippen molar-refractivity contribution in [2.24, 2.45) is 11.8 Å². The molecule has 1 fully saturated rings. The highest BCUT2D eigenvalue weighted by atomic mass is 16.6. The lowest BCUT2D eigenvalue weighted by atomic mass is 10.0. The van der Waals surface area contributed by atoms with Gasteiger partial charge in [0, 0.05) is 24.5 Å². The Kier molecular flexibility index (Phi) is 5.94. The number of aromatic hydroxyl groups is 1. The van der Waals surface area contributed by atoms with Gasteiger partial charge in [0.05, 0.1) is 6.10 Å². The van der Waals surface area contributed by atoms with E-state index >= 15 is 0 Å². The van der Waals surface area contributed by atoms with Gasteiger partial charge in [0.1, 0.15) is 11.9 Å². The molecule has 1 aliphatic heterocycles. The number of cyclic esters (lactones) is 1. The van der Waals surface area contributed by atoms with Crippen LogP contribution in [0, 0.1) is 11.8 Å². The molecule has 7 nitrogen and oxygen atoms in total. The van der Waals surface area contributed by atoms with E-state index in [0.29, 0.717) is 18.4 Å². The van der Waals surface area contributed by atoms with Crippen molar-refractivity contribution in [2.75, 3.05) is 0 Å². The van der Waals surface area contributed by atoms with Gasteiger partial charge in [-0.2, -0.15) is 0 Å². The van der Waals surface area contributed by atoms with Crippen LogP contribution in [0.1, 0.15) is 25.3 Å². The summed E-state index contributed by atoms with van der Waals surface area (Å²) in [5.41, 5.74) is 0.623. The average Bonchev–Trinajstić information content (AvgIpc) is 3.46. The molecule has 5 unspecified atom stereocenters. The molecule has 2 aliphatic rings. The number of ether oxygens (including phenoxy) is 2. The molecule has 2 N–H and O–H groups in total. The van der Waals surface area contributed by atoms with Crippen molar-refractivity contribution < 1.29 is 34.1 Å². The second kappa shape index (κ2) is 8.39. The molecule has 0 saturated heterocycles. The highest BCUT2D eigenvalue weighted by Crippen LogP contribution is 2.44. The molecule has 3 rings (SSSR count). The van der Waals surface area contributed by atoms with Crippen LogP contribution in [0.3, 0.4) is 0 Å². The van der Waals surface area contributed by atoms with Gasteiger partial charge in [-0.15, -0.1) is 0 Å². The third kappa shape index (κ3) is 4.86. The number of rotatable bonds is 7. The van der Waals surface area contributed by atoms with E-state index < -0.39 is 36.2 Å². The summed E-state index contributed by atoms with van der Waals surface area (Å²) in [6.07, 6.45) is 3.98. The van der Waals surface area contributed by atoms with Crippen LogP contribution in [0.5, 0.6) is 5.75 Å². The second-order valence-electron chi connectivity index (χ2n) is 7.02. The first-order valence-corrected chi connectivity index (χ1v) is 9.12. The fraction of sp³-hybridized carbons (Fsp3) is 0.381. The van der Waals surface area contributed by atoms with Gasteiger partial charge in [0.25, 0.3) is 0 Å². The van der Waals surface area contributed by atoms with Crippen LogP contribution in [0.25, 0.3) is 6.08 Å². The number of aliphatic hydroxyl groups excluding tert-OH is 1. The number of hydrogen-bond acceptors (Lipinski definition) is 7. The normalized spacial score (nSPS) is 25.8. The number of carbonyl (C=O) groups is 3. The van der Waals surface area contributed by atoms with Gasteiger partial charge in [-0.3, -0.25) is 4.79 Å². The molecule has 0 radical (unpaired) electrons. The largest absolute Gasteiger partial charge is 0.508 e. The van der Waals surface area contributed by atoms with Crippen molar-refractivity contribution in [3.05, 3.63) is 48.1 Å². The van der Waals surface area contributed by atoms with E-state index in [1.165, 1.54) is 37.3 Å². The topological polar surface area (TPSA) is 110 Å². The Hall–Kier alpha value is -2.93. The minimum Gasteiger partial charge on any atom is -0.508 e. The van der Waals surface area contributed by atoms with Crippen LogP contribution in [0.4, 0.5) is 0 Å². The van der Waals surface area contributed by atoms with Gasteiger partial charge in [-0.25, -0.2) is 9.59 Å². The SMILES string of the molecule is CC(OC(=O)C=Cc1cccc(O)c1)C(=O)C1CC1C(O)C1CC=CC(=O)O1. The molecule has 0 aromatic heterocycles. The van der Waals surface area contributed by atoms with Crippen molar-refractivity contribution in [1.82, 2.24) is 0 Å². The summed E-state index contributed by atoms with van der Waals surface area (Å²) in [7, 11) is 0. The molecule has 5 atom stereocenters. The Bertz CT molecular complexity index is 826. The third-order valence-electron chi connectivity index (χ3n) is 4.89. The quantitative estimate of drug-likeness (QED) is 0.543. The fourth-order valence-corrected chi connectivity index (χ4v) is 3.30. The molecule has 1 heterocycles. The lowest BCUT2D eigenvalue weighted by Crippen LogP contribution is -2.35. The lowest BCUT2D eigenvalue weighted by molar-refractivity contribution is -0.152. The Morgan fingerprint density at radius 2 is 2.14 bits per heavy atom. The summed E-state index contributed by atoms with van der Waals surface area (Å²) in [4.78, 5) is 35.7. The summed E-state index contributed by atoms with van der Waals surface area (Å²) >= 11 is 0. The summed E-state index contributed by atoms with van der Waals surface area (Å²) in [5.74, 6) is -2.08. The predicted molar refractivity (Wildman–Crippen MR) is 98.9 cm³/mol. The number of benzene rings is 1. The first-order chi connectivity index (χ1) is 13.3. The zero-order chi connectivity index (χ0) is 20.3. The van der Waals surface area contributed by atoms with Crippen molar-refractivity contribution in [3.8, 4) is 5.75 Å². The summed E-state index contributed by atoms with van der Waals surface area (Å²) < 4.78 is 10.2. The van der Waals surface area contributed by atoms with Crippen molar-refractivity contribution in [2.45, 2.75) is 38.1 Å². The van der Waals surface area contributed by atoms with Crippen LogP contribution in [-0.4, -0.2) is 46.2 Å². The molecule has 1 aliphatic carbocycles. The van der Waals surface area contributed by atoms with E-state index in [1.807, 2.05) is 0 Å². The monoisotopic (exact) mass is 386 g/mol. The van der Waals surface area contributed by atoms with Crippen molar-refractivity contribution in [3.63, 3.8) is 0 Å². The standard InChI is InChI=1S/C21H22O7/c1-12(27-19(24)9-8-13-4-2-5-14(22)10-13)20(25)15-11-16(15)21(26)17-6-3-7-18(23)28-17/h2-5,7-10,12,15-17,21-22,26H,6,11H2,1H3. The van der Waals surface area contributed by atoms with Gasteiger partial charge in [-0.1, -0.05) is 18.2 Å². The smallest absolute Gasteiger partial charge is 0.331 e. The number of phenolic OH excluding ortho intramolecular Hbond substituents is 1. The van der Waals surface area contributed by atoms with E-state index in [2.05, 4.69) is 0 Å². The summed E-state index contributed by atoms with van der Waals surface area (Å²) in [6.45, 7) is 1.49. The Labute approximate surface area is 162 Å². The minimum absolute atomic E-state index is 0.0801. The Morgan fingerprint density at radius 3 is 2.86 bits per heavy atom. The first kappa shape index (κ1) is 19.8. The second-order valence-corrected chi connectivity index (χ2v) is 7.02. The van der Waals surface area contributed by atoms with Gasteiger partial charge in [0.2, 0.25) is 0 Å². The van der Waals surface area contributed by atoms with E-state index in [4.69, 9.17) is 9.47 Å². The van der Waals surface area contributed by atoms with Gasteiger partial charge >= 0.3 is 11.9 Å². The van der Waals surface area contributed by atoms with E-state index in [9.17, 15) is 24.6 Å². The molecule has 1 aromatic carbocycles. The predicted octanol–water partition coefficient (Wildman–Crippen LogP) is 1.77. The zero-order valence-electron chi connectivity index (χ0n) is 15.4. The number of esters is 2. The minimum atomic E-state index is -0.947. The molecule has 1 saturated carbocycles. The van der Waals surface area contributed by atoms with Crippen molar-refractivity contribution in [1.29, 1.82) is 0 Å². The lowest BCUT2D eigenvalue weighted by Gasteiger charge is -2.24. The molecule has 0 spiro atoms. The highest BCUT2D eigenvalue weighted by Gasteiger charge is 2.51. The average molecular weight is 386 g/mol. The van der Waals surface area contributed by atoms with Gasteiger partial charge in [0.15, 0.2) is 11.9 Å². The van der Waals surface area contributed by atoms with E-state index in [-0.39, 0.29) is 17.5 Å². The highest BCUT2D eigenvalue weighted by molar-refractivity contribution is 5.93. The Balaban J connectivity index is 1.49. The number of ketones is 1. The van der Waals surface area contributed by atoms with Crippen molar-refractivity contribution >= 4 is 23.8 Å². The number of Topliss-reactive ketones (excluding diaryl/α,β-unsaturated/α-hetero) is 1. The molecular formula is C21H22O7. The number of aliphatic hydroxyl groups is 1. The third-order valence-corrected chi connectivity index (χ3v) is 4.89. The molecular weight excluding hydrogens is 364 g/mol. The summed E-state index contributed by atoms with van der Waals surface area (Å²) in [5, 5.41) is 19.7. The van der Waals surface area contributed by atoms with Crippen LogP contribution < -0.4 is 0 Å². The maximum Gasteiger partial charge on any atom is 0.331 e. The van der Waals surface area contributed by atoms with Crippen LogP contribution in [-0.2, 0) is 23.9 Å². The van der Waals surface area contributed by atoms with Crippen LogP contribution >= 0.6 is 0 Å². The van der Waals surface area contributed by atoms with E-state index in [0.717, 1.165) is 0 Å². The summed E-state index contributed by atoms with van der Waals surface area (Å²) in [6, 6.07) is 6.36. The maximum atomic E-state index is 12.5. The fourth-order valence-electron chi connectivity index (χ4n) is 3.30. The molecule has 0 amide bonds. The van der Waals surface area contributed by atoms with Gasteiger partial charge < -0.3 is 19.7 Å². The Morgan fingerprint density at radius 1 is 1.36 bits per heavy atom.